The van der Waals surface area contributed by atoms with Crippen molar-refractivity contribution in [2.75, 3.05) is 17.6 Å². The predicted octanol–water partition coefficient (Wildman–Crippen LogP) is 3.53. The van der Waals surface area contributed by atoms with Crippen LogP contribution in [0.2, 0.25) is 0 Å². The molecule has 0 fully saturated rings. The van der Waals surface area contributed by atoms with Crippen LogP contribution in [-0.2, 0) is 4.79 Å². The van der Waals surface area contributed by atoms with Gasteiger partial charge in [-0.25, -0.2) is 4.98 Å². The first-order valence-electron chi connectivity index (χ1n) is 7.15. The van der Waals surface area contributed by atoms with Crippen LogP contribution in [0.3, 0.4) is 0 Å². The van der Waals surface area contributed by atoms with E-state index in [9.17, 15) is 4.79 Å². The van der Waals surface area contributed by atoms with Gasteiger partial charge in [0.15, 0.2) is 5.78 Å². The summed E-state index contributed by atoms with van der Waals surface area (Å²) in [5, 5.41) is 5.37. The van der Waals surface area contributed by atoms with Crippen LogP contribution in [0.1, 0.15) is 6.42 Å². The minimum Gasteiger partial charge on any atom is -0.399 e. The topological polar surface area (TPSA) is 68.0 Å². The average Bonchev–Trinajstić information content (AvgIpc) is 2.52. The normalized spacial score (nSPS) is 10.7. The van der Waals surface area contributed by atoms with Crippen LogP contribution in [0.4, 0.5) is 11.4 Å². The third kappa shape index (κ3) is 2.91. The van der Waals surface area contributed by atoms with Gasteiger partial charge in [0.25, 0.3) is 0 Å². The number of fused-ring (bicyclic) bond motifs is 2. The van der Waals surface area contributed by atoms with E-state index in [1.54, 1.807) is 0 Å². The van der Waals surface area contributed by atoms with E-state index < -0.39 is 0 Å². The number of rotatable bonds is 5. The van der Waals surface area contributed by atoms with Gasteiger partial charge in [0.2, 0.25) is 0 Å². The maximum absolute atomic E-state index is 11.2. The number of allylic oxidation sites excluding steroid dienone is 1. The number of nitrogens with zero attached hydrogens (tertiary/aromatic N) is 1. The van der Waals surface area contributed by atoms with Crippen molar-refractivity contribution < 1.29 is 4.79 Å². The van der Waals surface area contributed by atoms with Crippen molar-refractivity contribution in [2.24, 2.45) is 0 Å². The molecule has 2 aromatic carbocycles. The molecule has 0 radical (unpaired) electrons. The van der Waals surface area contributed by atoms with Crippen LogP contribution in [0.25, 0.3) is 21.8 Å². The maximum Gasteiger partial charge on any atom is 0.156 e. The van der Waals surface area contributed by atoms with Gasteiger partial charge < -0.3 is 11.1 Å². The van der Waals surface area contributed by atoms with Gasteiger partial charge in [-0.05, 0) is 36.4 Å². The molecule has 0 atom stereocenters. The summed E-state index contributed by atoms with van der Waals surface area (Å²) in [6, 6.07) is 13.8. The predicted molar refractivity (Wildman–Crippen MR) is 92.0 cm³/mol. The molecule has 3 rings (SSSR count). The van der Waals surface area contributed by atoms with Crippen molar-refractivity contribution >= 4 is 39.0 Å². The van der Waals surface area contributed by atoms with Crippen molar-refractivity contribution in [3.05, 3.63) is 55.1 Å². The standard InChI is InChI=1S/C18H17N3O/c1-2-16(22)7-8-20-15-6-4-13-9-12-3-5-14(19)10-17(12)21-18(13)11-15/h2-6,9-11,20H,1,7-8,19H2. The molecule has 0 unspecified atom stereocenters. The first kappa shape index (κ1) is 14.1. The molecule has 0 aliphatic carbocycles. The molecule has 1 heterocycles. The van der Waals surface area contributed by atoms with Crippen molar-refractivity contribution in [1.29, 1.82) is 0 Å². The summed E-state index contributed by atoms with van der Waals surface area (Å²) in [6.07, 6.45) is 1.78. The summed E-state index contributed by atoms with van der Waals surface area (Å²) in [6.45, 7) is 4.05. The van der Waals surface area contributed by atoms with Gasteiger partial charge in [-0.2, -0.15) is 0 Å². The minimum atomic E-state index is 0.0351. The van der Waals surface area contributed by atoms with Crippen LogP contribution in [0, 0.1) is 0 Å². The molecule has 22 heavy (non-hydrogen) atoms. The molecule has 4 heteroatoms. The second-order valence-corrected chi connectivity index (χ2v) is 5.20. The number of pyridine rings is 1. The molecule has 0 spiro atoms. The van der Waals surface area contributed by atoms with Gasteiger partial charge in [0.05, 0.1) is 11.0 Å². The third-order valence-electron chi connectivity index (χ3n) is 3.57. The summed E-state index contributed by atoms with van der Waals surface area (Å²) in [5.74, 6) is 0.0351. The molecule has 0 saturated heterocycles. The smallest absolute Gasteiger partial charge is 0.156 e. The number of ketones is 1. The number of hydrogen-bond acceptors (Lipinski definition) is 4. The second kappa shape index (κ2) is 5.85. The Kier molecular flexibility index (Phi) is 3.74. The van der Waals surface area contributed by atoms with E-state index in [-0.39, 0.29) is 5.78 Å². The Bertz CT molecular complexity index is 871. The quantitative estimate of drug-likeness (QED) is 0.429. The number of nitrogen functional groups attached to an aromatic ring is 1. The number of hydrogen-bond donors (Lipinski definition) is 2. The van der Waals surface area contributed by atoms with Gasteiger partial charge in [-0.3, -0.25) is 4.79 Å². The molecule has 3 aromatic rings. The Morgan fingerprint density at radius 2 is 1.86 bits per heavy atom. The number of carbonyl (C=O) groups is 1. The zero-order valence-corrected chi connectivity index (χ0v) is 12.2. The lowest BCUT2D eigenvalue weighted by Gasteiger charge is -2.07. The molecule has 0 aliphatic rings. The van der Waals surface area contributed by atoms with Crippen LogP contribution in [-0.4, -0.2) is 17.3 Å². The lowest BCUT2D eigenvalue weighted by molar-refractivity contribution is -0.114. The summed E-state index contributed by atoms with van der Waals surface area (Å²) in [4.78, 5) is 15.9. The fraction of sp³-hybridized carbons (Fsp3) is 0.111. The van der Waals surface area contributed by atoms with E-state index >= 15 is 0 Å². The van der Waals surface area contributed by atoms with E-state index in [4.69, 9.17) is 5.73 Å². The van der Waals surface area contributed by atoms with Gasteiger partial charge in [0, 0.05) is 35.1 Å². The lowest BCUT2D eigenvalue weighted by Crippen LogP contribution is -2.06. The summed E-state index contributed by atoms with van der Waals surface area (Å²) in [7, 11) is 0. The number of nitrogens with one attached hydrogen (secondary N) is 1. The van der Waals surface area contributed by atoms with Gasteiger partial charge >= 0.3 is 0 Å². The lowest BCUT2D eigenvalue weighted by atomic mass is 10.1. The molecule has 0 amide bonds. The number of benzene rings is 2. The maximum atomic E-state index is 11.2. The molecule has 110 valence electrons. The number of nitrogens with two attached hydrogens (primary N) is 1. The Balaban J connectivity index is 1.89. The molecule has 0 bridgehead atoms. The average molecular weight is 291 g/mol. The highest BCUT2D eigenvalue weighted by Gasteiger charge is 2.02. The van der Waals surface area contributed by atoms with E-state index in [0.29, 0.717) is 18.7 Å². The molecule has 1 aromatic heterocycles. The van der Waals surface area contributed by atoms with Crippen molar-refractivity contribution in [3.63, 3.8) is 0 Å². The van der Waals surface area contributed by atoms with E-state index in [1.807, 2.05) is 36.4 Å². The molecule has 0 aliphatic heterocycles. The largest absolute Gasteiger partial charge is 0.399 e. The fourth-order valence-electron chi connectivity index (χ4n) is 2.38. The monoisotopic (exact) mass is 291 g/mol. The highest BCUT2D eigenvalue weighted by atomic mass is 16.1. The summed E-state index contributed by atoms with van der Waals surface area (Å²) in [5.41, 5.74) is 9.24. The van der Waals surface area contributed by atoms with Gasteiger partial charge in [-0.15, -0.1) is 0 Å². The number of carbonyl (C=O) groups excluding carboxylic acids is 1. The first-order valence-corrected chi connectivity index (χ1v) is 7.15. The molecule has 4 nitrogen and oxygen atoms in total. The Hall–Kier alpha value is -2.88. The third-order valence-corrected chi connectivity index (χ3v) is 3.57. The van der Waals surface area contributed by atoms with E-state index in [1.165, 1.54) is 6.08 Å². The van der Waals surface area contributed by atoms with Crippen LogP contribution >= 0.6 is 0 Å². The minimum absolute atomic E-state index is 0.0351. The molecule has 0 saturated carbocycles. The Labute approximate surface area is 128 Å². The Morgan fingerprint density at radius 3 is 2.64 bits per heavy atom. The first-order chi connectivity index (χ1) is 10.7. The van der Waals surface area contributed by atoms with Crippen molar-refractivity contribution in [1.82, 2.24) is 4.98 Å². The van der Waals surface area contributed by atoms with Crippen molar-refractivity contribution in [2.45, 2.75) is 6.42 Å². The number of anilines is 2. The SMILES string of the molecule is C=CC(=O)CCNc1ccc2cc3ccc(N)cc3nc2c1. The zero-order valence-electron chi connectivity index (χ0n) is 12.2. The second-order valence-electron chi connectivity index (χ2n) is 5.20. The molecular weight excluding hydrogens is 274 g/mol. The number of aromatic nitrogens is 1. The summed E-state index contributed by atoms with van der Waals surface area (Å²) < 4.78 is 0. The zero-order chi connectivity index (χ0) is 15.5. The van der Waals surface area contributed by atoms with E-state index in [0.717, 1.165) is 27.5 Å². The molecule has 3 N–H and O–H groups in total. The fourth-order valence-corrected chi connectivity index (χ4v) is 2.38. The molecular formula is C18H17N3O. The van der Waals surface area contributed by atoms with Crippen LogP contribution in [0.5, 0.6) is 0 Å². The summed E-state index contributed by atoms with van der Waals surface area (Å²) >= 11 is 0. The van der Waals surface area contributed by atoms with E-state index in [2.05, 4.69) is 22.9 Å². The highest BCUT2D eigenvalue weighted by Crippen LogP contribution is 2.23. The van der Waals surface area contributed by atoms with Crippen LogP contribution in [0.15, 0.2) is 55.1 Å². The van der Waals surface area contributed by atoms with Gasteiger partial charge in [-0.1, -0.05) is 18.7 Å². The van der Waals surface area contributed by atoms with Crippen LogP contribution < -0.4 is 11.1 Å². The van der Waals surface area contributed by atoms with Crippen molar-refractivity contribution in [3.8, 4) is 0 Å². The van der Waals surface area contributed by atoms with Gasteiger partial charge in [0.1, 0.15) is 0 Å². The highest BCUT2D eigenvalue weighted by molar-refractivity contribution is 5.95. The Morgan fingerprint density at radius 1 is 1.14 bits per heavy atom.